The fourth-order valence-electron chi connectivity index (χ4n) is 2.80. The predicted molar refractivity (Wildman–Crippen MR) is 74.0 cm³/mol. The summed E-state index contributed by atoms with van der Waals surface area (Å²) in [5.41, 5.74) is 5.91. The molecule has 0 radical (unpaired) electrons. The van der Waals surface area contributed by atoms with Gasteiger partial charge in [-0.25, -0.2) is 0 Å². The van der Waals surface area contributed by atoms with Crippen LogP contribution in [-0.4, -0.2) is 30.5 Å². The van der Waals surface area contributed by atoms with E-state index < -0.39 is 0 Å². The van der Waals surface area contributed by atoms with Crippen molar-refractivity contribution >= 4 is 0 Å². The first-order valence-electron chi connectivity index (χ1n) is 7.45. The lowest BCUT2D eigenvalue weighted by Gasteiger charge is -2.27. The van der Waals surface area contributed by atoms with Crippen molar-refractivity contribution in [3.8, 4) is 0 Å². The maximum Gasteiger partial charge on any atom is 0.246 e. The minimum Gasteiger partial charge on any atom is -0.383 e. The number of methoxy groups -OCH3 is 1. The van der Waals surface area contributed by atoms with E-state index >= 15 is 0 Å². The van der Waals surface area contributed by atoms with Crippen LogP contribution in [0.25, 0.3) is 0 Å². The van der Waals surface area contributed by atoms with Gasteiger partial charge >= 0.3 is 0 Å². The van der Waals surface area contributed by atoms with E-state index in [2.05, 4.69) is 10.1 Å². The molecule has 2 unspecified atom stereocenters. The second kappa shape index (κ2) is 7.71. The lowest BCUT2D eigenvalue weighted by molar-refractivity contribution is -0.00145. The van der Waals surface area contributed by atoms with Gasteiger partial charge in [-0.3, -0.25) is 0 Å². The Kier molecular flexibility index (Phi) is 5.94. The molecule has 114 valence electrons. The summed E-state index contributed by atoms with van der Waals surface area (Å²) in [6, 6.07) is -0.380. The van der Waals surface area contributed by atoms with Crippen LogP contribution in [0.15, 0.2) is 4.52 Å². The molecule has 6 heteroatoms. The van der Waals surface area contributed by atoms with Gasteiger partial charge in [0.05, 0.1) is 6.61 Å². The molecule has 1 heterocycles. The predicted octanol–water partition coefficient (Wildman–Crippen LogP) is 2.37. The zero-order valence-electron chi connectivity index (χ0n) is 12.4. The minimum absolute atomic E-state index is 0.0763. The summed E-state index contributed by atoms with van der Waals surface area (Å²) in [6.45, 7) is 3.01. The van der Waals surface area contributed by atoms with Gasteiger partial charge in [-0.1, -0.05) is 24.4 Å². The molecule has 20 heavy (non-hydrogen) atoms. The number of rotatable bonds is 7. The molecule has 0 spiro atoms. The van der Waals surface area contributed by atoms with E-state index in [1.54, 1.807) is 7.11 Å². The first kappa shape index (κ1) is 15.4. The molecule has 1 fully saturated rings. The summed E-state index contributed by atoms with van der Waals surface area (Å²) in [7, 11) is 1.60. The quantitative estimate of drug-likeness (QED) is 0.827. The van der Waals surface area contributed by atoms with Crippen molar-refractivity contribution in [1.29, 1.82) is 0 Å². The van der Waals surface area contributed by atoms with Gasteiger partial charge in [0.1, 0.15) is 12.1 Å². The molecular weight excluding hydrogens is 258 g/mol. The zero-order chi connectivity index (χ0) is 14.4. The van der Waals surface area contributed by atoms with Crippen molar-refractivity contribution in [2.75, 3.05) is 20.3 Å². The van der Waals surface area contributed by atoms with Gasteiger partial charge in [-0.2, -0.15) is 4.98 Å². The van der Waals surface area contributed by atoms with Crippen molar-refractivity contribution in [2.45, 2.75) is 51.2 Å². The van der Waals surface area contributed by atoms with Crippen LogP contribution < -0.4 is 5.73 Å². The molecule has 0 saturated heterocycles. The number of nitrogens with two attached hydrogens (primary N) is 1. The maximum absolute atomic E-state index is 5.91. The van der Waals surface area contributed by atoms with E-state index in [0.29, 0.717) is 30.8 Å². The summed E-state index contributed by atoms with van der Waals surface area (Å²) < 4.78 is 16.1. The number of aromatic nitrogens is 2. The Labute approximate surface area is 120 Å². The molecule has 1 aromatic rings. The normalized spacial score (nSPS) is 19.9. The summed E-state index contributed by atoms with van der Waals surface area (Å²) in [4.78, 5) is 4.42. The SMILES string of the molecule is CCOC(c1noc(C(N)COC)n1)C1CCCCC1. The van der Waals surface area contributed by atoms with Crippen LogP contribution in [0, 0.1) is 5.92 Å². The highest BCUT2D eigenvalue weighted by molar-refractivity contribution is 4.97. The molecule has 2 atom stereocenters. The van der Waals surface area contributed by atoms with Gasteiger partial charge in [0.25, 0.3) is 0 Å². The average molecular weight is 283 g/mol. The van der Waals surface area contributed by atoms with E-state index in [1.807, 2.05) is 6.92 Å². The standard InChI is InChI=1S/C14H25N3O3/c1-3-19-12(10-7-5-4-6-8-10)13-16-14(20-17-13)11(15)9-18-2/h10-12H,3-9,15H2,1-2H3. The first-order chi connectivity index (χ1) is 9.76. The van der Waals surface area contributed by atoms with Crippen molar-refractivity contribution in [1.82, 2.24) is 10.1 Å². The Morgan fingerprint density at radius 3 is 2.75 bits per heavy atom. The number of hydrogen-bond acceptors (Lipinski definition) is 6. The number of ether oxygens (including phenoxy) is 2. The minimum atomic E-state index is -0.380. The highest BCUT2D eigenvalue weighted by atomic mass is 16.5. The van der Waals surface area contributed by atoms with Crippen LogP contribution >= 0.6 is 0 Å². The second-order valence-corrected chi connectivity index (χ2v) is 5.33. The third-order valence-corrected chi connectivity index (χ3v) is 3.80. The molecule has 1 aliphatic carbocycles. The Morgan fingerprint density at radius 2 is 2.10 bits per heavy atom. The topological polar surface area (TPSA) is 83.4 Å². The van der Waals surface area contributed by atoms with Crippen LogP contribution in [0.2, 0.25) is 0 Å². The van der Waals surface area contributed by atoms with Crippen molar-refractivity contribution in [3.05, 3.63) is 11.7 Å². The zero-order valence-corrected chi connectivity index (χ0v) is 12.4. The summed E-state index contributed by atoms with van der Waals surface area (Å²) in [5, 5.41) is 4.07. The van der Waals surface area contributed by atoms with E-state index in [9.17, 15) is 0 Å². The Balaban J connectivity index is 2.08. The molecule has 0 aromatic carbocycles. The van der Waals surface area contributed by atoms with Gasteiger partial charge in [0.15, 0.2) is 0 Å². The van der Waals surface area contributed by atoms with Gasteiger partial charge < -0.3 is 19.7 Å². The van der Waals surface area contributed by atoms with Crippen LogP contribution in [0.5, 0.6) is 0 Å². The lowest BCUT2D eigenvalue weighted by atomic mass is 9.85. The molecular formula is C14H25N3O3. The van der Waals surface area contributed by atoms with Crippen molar-refractivity contribution in [3.63, 3.8) is 0 Å². The van der Waals surface area contributed by atoms with Gasteiger partial charge in [0.2, 0.25) is 11.7 Å². The van der Waals surface area contributed by atoms with Gasteiger partial charge in [0, 0.05) is 13.7 Å². The third-order valence-electron chi connectivity index (χ3n) is 3.80. The summed E-state index contributed by atoms with van der Waals surface area (Å²) >= 11 is 0. The monoisotopic (exact) mass is 283 g/mol. The molecule has 0 bridgehead atoms. The average Bonchev–Trinajstić information content (AvgIpc) is 2.95. The Morgan fingerprint density at radius 1 is 1.35 bits per heavy atom. The Bertz CT molecular complexity index is 391. The molecule has 1 aliphatic rings. The number of hydrogen-bond donors (Lipinski definition) is 1. The molecule has 2 N–H and O–H groups in total. The molecule has 6 nitrogen and oxygen atoms in total. The van der Waals surface area contributed by atoms with Crippen LogP contribution in [0.4, 0.5) is 0 Å². The Hall–Kier alpha value is -0.980. The molecule has 1 saturated carbocycles. The molecule has 2 rings (SSSR count). The molecule has 0 aliphatic heterocycles. The fourth-order valence-corrected chi connectivity index (χ4v) is 2.80. The maximum atomic E-state index is 5.91. The summed E-state index contributed by atoms with van der Waals surface area (Å²) in [6.07, 6.45) is 6.07. The van der Waals surface area contributed by atoms with E-state index in [1.165, 1.54) is 32.1 Å². The fraction of sp³-hybridized carbons (Fsp3) is 0.857. The second-order valence-electron chi connectivity index (χ2n) is 5.33. The van der Waals surface area contributed by atoms with Crippen LogP contribution in [0.3, 0.4) is 0 Å². The lowest BCUT2D eigenvalue weighted by Crippen LogP contribution is -2.21. The van der Waals surface area contributed by atoms with Crippen LogP contribution in [-0.2, 0) is 9.47 Å². The first-order valence-corrected chi connectivity index (χ1v) is 7.45. The van der Waals surface area contributed by atoms with E-state index in [-0.39, 0.29) is 12.1 Å². The molecule has 1 aromatic heterocycles. The van der Waals surface area contributed by atoms with Crippen LogP contribution in [0.1, 0.15) is 62.9 Å². The highest BCUT2D eigenvalue weighted by Gasteiger charge is 2.30. The smallest absolute Gasteiger partial charge is 0.246 e. The number of nitrogens with zero attached hydrogens (tertiary/aromatic N) is 2. The highest BCUT2D eigenvalue weighted by Crippen LogP contribution is 2.35. The summed E-state index contributed by atoms with van der Waals surface area (Å²) in [5.74, 6) is 1.52. The van der Waals surface area contributed by atoms with Crippen molar-refractivity contribution < 1.29 is 14.0 Å². The van der Waals surface area contributed by atoms with E-state index in [4.69, 9.17) is 19.7 Å². The van der Waals surface area contributed by atoms with Crippen molar-refractivity contribution in [2.24, 2.45) is 11.7 Å². The van der Waals surface area contributed by atoms with Gasteiger partial charge in [-0.05, 0) is 25.7 Å². The molecule has 0 amide bonds. The largest absolute Gasteiger partial charge is 0.383 e. The van der Waals surface area contributed by atoms with E-state index in [0.717, 1.165) is 0 Å². The third kappa shape index (κ3) is 3.77. The van der Waals surface area contributed by atoms with Gasteiger partial charge in [-0.15, -0.1) is 0 Å².